The average Bonchev–Trinajstić information content (AvgIpc) is 3.25. The van der Waals surface area contributed by atoms with Gasteiger partial charge in [0.1, 0.15) is 11.8 Å². The number of hydrogen-bond acceptors (Lipinski definition) is 9. The first kappa shape index (κ1) is 25.4. The lowest BCUT2D eigenvalue weighted by atomic mass is 10.0. The van der Waals surface area contributed by atoms with Crippen LogP contribution in [0.2, 0.25) is 0 Å². The van der Waals surface area contributed by atoms with Gasteiger partial charge < -0.3 is 19.7 Å². The molecule has 0 radical (unpaired) electrons. The second kappa shape index (κ2) is 10.6. The van der Waals surface area contributed by atoms with Crippen LogP contribution in [0.3, 0.4) is 0 Å². The van der Waals surface area contributed by atoms with Crippen molar-refractivity contribution in [3.63, 3.8) is 0 Å². The molecule has 0 spiro atoms. The standard InChI is InChI=1S/C18H23N7.C9H9NO3/c1-18(2)8-4-9-24(18)17-20-16(14-5-3-10-25(14)23-17)19-15-11-13(21-22-15)12-6-7-12;1-7(12)13-9-3-2-8(4-5-11)6-10-9/h3,5,10-12H,4,6-9H2,1-2H3,(H2,19,20,21,22,23);2-3,5-6H,4H2,1H3. The van der Waals surface area contributed by atoms with Crippen LogP contribution in [0.25, 0.3) is 5.52 Å². The van der Waals surface area contributed by atoms with Crippen molar-refractivity contribution in [2.45, 2.75) is 64.3 Å². The van der Waals surface area contributed by atoms with E-state index in [4.69, 9.17) is 14.8 Å². The molecule has 2 aliphatic rings. The number of hydrogen-bond donors (Lipinski definition) is 2. The van der Waals surface area contributed by atoms with Crippen molar-refractivity contribution in [3.05, 3.63) is 54.0 Å². The van der Waals surface area contributed by atoms with Gasteiger partial charge in [-0.2, -0.15) is 10.1 Å². The van der Waals surface area contributed by atoms with Gasteiger partial charge in [-0.05, 0) is 57.2 Å². The number of anilines is 3. The number of aromatic nitrogens is 6. The highest BCUT2D eigenvalue weighted by Gasteiger charge is 2.34. The predicted octanol–water partition coefficient (Wildman–Crippen LogP) is 4.20. The van der Waals surface area contributed by atoms with E-state index < -0.39 is 5.97 Å². The zero-order valence-electron chi connectivity index (χ0n) is 21.8. The molecule has 4 aromatic rings. The van der Waals surface area contributed by atoms with Crippen molar-refractivity contribution in [3.8, 4) is 5.88 Å². The third-order valence-corrected chi connectivity index (χ3v) is 6.75. The molecule has 0 bridgehead atoms. The Kier molecular flexibility index (Phi) is 7.08. The molecule has 0 atom stereocenters. The number of nitrogens with zero attached hydrogens (tertiary/aromatic N) is 6. The zero-order valence-corrected chi connectivity index (χ0v) is 21.8. The molecular formula is C27H32N8O3. The summed E-state index contributed by atoms with van der Waals surface area (Å²) in [6.07, 6.45) is 9.44. The topological polar surface area (TPSA) is 130 Å². The first-order valence-electron chi connectivity index (χ1n) is 12.8. The highest BCUT2D eigenvalue weighted by atomic mass is 16.5. The minimum absolute atomic E-state index is 0.0869. The van der Waals surface area contributed by atoms with Crippen LogP contribution in [0.15, 0.2) is 42.7 Å². The van der Waals surface area contributed by atoms with Crippen molar-refractivity contribution in [1.29, 1.82) is 0 Å². The van der Waals surface area contributed by atoms with E-state index in [-0.39, 0.29) is 11.4 Å². The number of carbonyl (C=O) groups is 2. The summed E-state index contributed by atoms with van der Waals surface area (Å²) in [4.78, 5) is 31.6. The molecule has 1 aliphatic carbocycles. The molecule has 38 heavy (non-hydrogen) atoms. The van der Waals surface area contributed by atoms with Crippen LogP contribution in [0.5, 0.6) is 5.88 Å². The fraction of sp³-hybridized carbons (Fsp3) is 0.407. The summed E-state index contributed by atoms with van der Waals surface area (Å²) in [5.41, 5.74) is 3.05. The van der Waals surface area contributed by atoms with Gasteiger partial charge in [0.2, 0.25) is 11.8 Å². The molecule has 0 unspecified atom stereocenters. The van der Waals surface area contributed by atoms with Crippen LogP contribution < -0.4 is 15.0 Å². The van der Waals surface area contributed by atoms with Gasteiger partial charge in [-0.1, -0.05) is 6.07 Å². The number of esters is 1. The summed E-state index contributed by atoms with van der Waals surface area (Å²) in [5.74, 6) is 2.88. The number of H-pyrrole nitrogens is 1. The van der Waals surface area contributed by atoms with Crippen molar-refractivity contribution in [1.82, 2.24) is 29.8 Å². The molecule has 5 heterocycles. The van der Waals surface area contributed by atoms with Gasteiger partial charge in [-0.25, -0.2) is 9.50 Å². The summed E-state index contributed by atoms with van der Waals surface area (Å²) in [7, 11) is 0. The van der Waals surface area contributed by atoms with Crippen molar-refractivity contribution in [2.75, 3.05) is 16.8 Å². The van der Waals surface area contributed by atoms with Crippen molar-refractivity contribution in [2.24, 2.45) is 0 Å². The van der Waals surface area contributed by atoms with E-state index in [9.17, 15) is 9.59 Å². The van der Waals surface area contributed by atoms with Crippen molar-refractivity contribution < 1.29 is 14.3 Å². The maximum absolute atomic E-state index is 10.5. The molecular weight excluding hydrogens is 484 g/mol. The molecule has 1 saturated heterocycles. The van der Waals surface area contributed by atoms with Crippen LogP contribution in [0.1, 0.15) is 63.6 Å². The van der Waals surface area contributed by atoms with Gasteiger partial charge in [-0.15, -0.1) is 5.10 Å². The summed E-state index contributed by atoms with van der Waals surface area (Å²) in [5, 5.41) is 15.6. The Balaban J connectivity index is 0.000000193. The second-order valence-electron chi connectivity index (χ2n) is 10.2. The van der Waals surface area contributed by atoms with Crippen LogP contribution in [-0.2, 0) is 16.0 Å². The smallest absolute Gasteiger partial charge is 0.309 e. The molecule has 2 N–H and O–H groups in total. The lowest BCUT2D eigenvalue weighted by Crippen LogP contribution is -2.39. The number of nitrogens with one attached hydrogen (secondary N) is 2. The van der Waals surface area contributed by atoms with E-state index in [1.165, 1.54) is 38.1 Å². The second-order valence-corrected chi connectivity index (χ2v) is 10.2. The minimum atomic E-state index is -0.407. The van der Waals surface area contributed by atoms with Gasteiger partial charge >= 0.3 is 5.97 Å². The quantitative estimate of drug-likeness (QED) is 0.274. The maximum Gasteiger partial charge on any atom is 0.309 e. The zero-order chi connectivity index (χ0) is 26.7. The number of fused-ring (bicyclic) bond motifs is 1. The lowest BCUT2D eigenvalue weighted by Gasteiger charge is -2.31. The molecule has 0 aromatic carbocycles. The number of carbonyl (C=O) groups excluding carboxylic acids is 2. The average molecular weight is 517 g/mol. The number of rotatable bonds is 7. The molecule has 1 aliphatic heterocycles. The van der Waals surface area contributed by atoms with Gasteiger partial charge in [0.25, 0.3) is 0 Å². The Bertz CT molecular complexity index is 1420. The number of ether oxygens (including phenoxy) is 1. The van der Waals surface area contributed by atoms with E-state index in [0.717, 1.165) is 47.9 Å². The van der Waals surface area contributed by atoms with Crippen molar-refractivity contribution >= 4 is 35.4 Å². The van der Waals surface area contributed by atoms with E-state index in [1.54, 1.807) is 12.1 Å². The first-order valence-corrected chi connectivity index (χ1v) is 12.8. The molecule has 2 fully saturated rings. The molecule has 1 saturated carbocycles. The van der Waals surface area contributed by atoms with E-state index in [2.05, 4.69) is 45.3 Å². The van der Waals surface area contributed by atoms with E-state index >= 15 is 0 Å². The highest BCUT2D eigenvalue weighted by Crippen LogP contribution is 2.40. The highest BCUT2D eigenvalue weighted by molar-refractivity contribution is 5.73. The van der Waals surface area contributed by atoms with Crippen LogP contribution in [-0.4, -0.2) is 54.1 Å². The summed E-state index contributed by atoms with van der Waals surface area (Å²) in [6, 6.07) is 9.36. The Morgan fingerprint density at radius 3 is 2.79 bits per heavy atom. The maximum atomic E-state index is 10.5. The lowest BCUT2D eigenvalue weighted by molar-refractivity contribution is -0.132. The monoisotopic (exact) mass is 516 g/mol. The Morgan fingerprint density at radius 1 is 1.29 bits per heavy atom. The van der Waals surface area contributed by atoms with Crippen LogP contribution in [0, 0.1) is 0 Å². The molecule has 6 rings (SSSR count). The number of aldehydes is 1. The summed E-state index contributed by atoms with van der Waals surface area (Å²) in [6.45, 7) is 6.81. The van der Waals surface area contributed by atoms with Gasteiger partial charge in [0.05, 0.1) is 0 Å². The fourth-order valence-electron chi connectivity index (χ4n) is 4.57. The van der Waals surface area contributed by atoms with Gasteiger partial charge in [0, 0.05) is 61.6 Å². The fourth-order valence-corrected chi connectivity index (χ4v) is 4.57. The van der Waals surface area contributed by atoms with Gasteiger partial charge in [0.15, 0.2) is 11.6 Å². The normalized spacial score (nSPS) is 16.1. The van der Waals surface area contributed by atoms with E-state index in [1.807, 2.05) is 22.8 Å². The summed E-state index contributed by atoms with van der Waals surface area (Å²) >= 11 is 0. The SMILES string of the molecule is CC(=O)Oc1ccc(CC=O)cn1.CC1(C)CCCN1c1nc(Nc2cc(C3CC3)[nH]n2)c2cccn2n1. The minimum Gasteiger partial charge on any atom is -0.408 e. The third-order valence-electron chi connectivity index (χ3n) is 6.75. The molecule has 4 aromatic heterocycles. The Labute approximate surface area is 220 Å². The first-order chi connectivity index (χ1) is 18.3. The Morgan fingerprint density at radius 2 is 2.13 bits per heavy atom. The van der Waals surface area contributed by atoms with Gasteiger partial charge in [-0.3, -0.25) is 9.89 Å². The molecule has 11 nitrogen and oxygen atoms in total. The van der Waals surface area contributed by atoms with E-state index in [0.29, 0.717) is 12.3 Å². The number of aromatic amines is 1. The predicted molar refractivity (Wildman–Crippen MR) is 143 cm³/mol. The Hall–Kier alpha value is -4.28. The molecule has 11 heteroatoms. The summed E-state index contributed by atoms with van der Waals surface area (Å²) < 4.78 is 6.61. The number of pyridine rings is 1. The largest absolute Gasteiger partial charge is 0.408 e. The van der Waals surface area contributed by atoms with Crippen LogP contribution in [0.4, 0.5) is 17.6 Å². The third kappa shape index (κ3) is 5.82. The van der Waals surface area contributed by atoms with Crippen LogP contribution >= 0.6 is 0 Å². The molecule has 0 amide bonds. The molecule has 198 valence electrons.